The minimum atomic E-state index is -1.06. The van der Waals surface area contributed by atoms with Gasteiger partial charge in [0.1, 0.15) is 11.9 Å². The molecule has 2 amide bonds. The maximum absolute atomic E-state index is 13.0. The maximum Gasteiger partial charge on any atom is 0.326 e. The van der Waals surface area contributed by atoms with Crippen LogP contribution in [0.1, 0.15) is 25.0 Å². The standard InChI is InChI=1S/C15H21FN2O3/c1-9(2)13(14(19)20)18-15(21)17-7-6-11-4-5-12(16)8-10(11)3/h4-5,8-9,13H,6-7H2,1-3H3,(H,19,20)(H2,17,18,21)/t13-/m0/s1. The van der Waals surface area contributed by atoms with Gasteiger partial charge in [-0.05, 0) is 42.5 Å². The van der Waals surface area contributed by atoms with E-state index in [2.05, 4.69) is 10.6 Å². The van der Waals surface area contributed by atoms with Crippen LogP contribution in [-0.4, -0.2) is 29.7 Å². The van der Waals surface area contributed by atoms with Crippen LogP contribution in [0, 0.1) is 18.7 Å². The highest BCUT2D eigenvalue weighted by Crippen LogP contribution is 2.10. The summed E-state index contributed by atoms with van der Waals surface area (Å²) in [5, 5.41) is 14.0. The number of amides is 2. The van der Waals surface area contributed by atoms with Crippen LogP contribution in [0.5, 0.6) is 0 Å². The van der Waals surface area contributed by atoms with E-state index in [1.165, 1.54) is 12.1 Å². The number of carbonyl (C=O) groups is 2. The SMILES string of the molecule is Cc1cc(F)ccc1CCNC(=O)N[C@H](C(=O)O)C(C)C. The van der Waals surface area contributed by atoms with E-state index in [1.807, 2.05) is 0 Å². The second-order valence-corrected chi connectivity index (χ2v) is 5.28. The summed E-state index contributed by atoms with van der Waals surface area (Å²) in [6, 6.07) is 3.06. The summed E-state index contributed by atoms with van der Waals surface area (Å²) in [6.07, 6.45) is 0.555. The summed E-state index contributed by atoms with van der Waals surface area (Å²) in [4.78, 5) is 22.6. The Hall–Kier alpha value is -2.11. The number of rotatable bonds is 6. The number of aliphatic carboxylic acids is 1. The number of nitrogens with one attached hydrogen (secondary N) is 2. The number of aryl methyl sites for hydroxylation is 1. The quantitative estimate of drug-likeness (QED) is 0.752. The van der Waals surface area contributed by atoms with Crippen molar-refractivity contribution >= 4 is 12.0 Å². The predicted octanol–water partition coefficient (Wildman–Crippen LogP) is 2.09. The third-order valence-electron chi connectivity index (χ3n) is 3.20. The van der Waals surface area contributed by atoms with Gasteiger partial charge in [0.05, 0.1) is 0 Å². The number of benzene rings is 1. The molecule has 0 heterocycles. The number of hydrogen-bond acceptors (Lipinski definition) is 2. The summed E-state index contributed by atoms with van der Waals surface area (Å²) in [5.74, 6) is -1.55. The van der Waals surface area contributed by atoms with Crippen molar-refractivity contribution in [2.24, 2.45) is 5.92 Å². The van der Waals surface area contributed by atoms with Crippen molar-refractivity contribution in [2.45, 2.75) is 33.2 Å². The van der Waals surface area contributed by atoms with Crippen LogP contribution in [-0.2, 0) is 11.2 Å². The molecule has 21 heavy (non-hydrogen) atoms. The van der Waals surface area contributed by atoms with Crippen LogP contribution in [0.4, 0.5) is 9.18 Å². The summed E-state index contributed by atoms with van der Waals surface area (Å²) < 4.78 is 13.0. The van der Waals surface area contributed by atoms with Crippen LogP contribution in [0.2, 0.25) is 0 Å². The molecule has 1 aromatic carbocycles. The van der Waals surface area contributed by atoms with Gasteiger partial charge in [0.15, 0.2) is 0 Å². The van der Waals surface area contributed by atoms with E-state index >= 15 is 0 Å². The molecule has 0 radical (unpaired) electrons. The fourth-order valence-electron chi connectivity index (χ4n) is 1.96. The van der Waals surface area contributed by atoms with E-state index in [0.717, 1.165) is 11.1 Å². The average molecular weight is 296 g/mol. The van der Waals surface area contributed by atoms with E-state index in [4.69, 9.17) is 5.11 Å². The smallest absolute Gasteiger partial charge is 0.326 e. The lowest BCUT2D eigenvalue weighted by Gasteiger charge is -2.18. The Bertz CT molecular complexity index is 518. The van der Waals surface area contributed by atoms with Gasteiger partial charge in [-0.2, -0.15) is 0 Å². The van der Waals surface area contributed by atoms with Gasteiger partial charge >= 0.3 is 12.0 Å². The molecule has 6 heteroatoms. The Kier molecular flexibility index (Phi) is 6.14. The predicted molar refractivity (Wildman–Crippen MR) is 77.6 cm³/mol. The number of halogens is 1. The lowest BCUT2D eigenvalue weighted by molar-refractivity contribution is -0.140. The molecule has 0 spiro atoms. The average Bonchev–Trinajstić information content (AvgIpc) is 2.37. The summed E-state index contributed by atoms with van der Waals surface area (Å²) >= 11 is 0. The van der Waals surface area contributed by atoms with E-state index in [9.17, 15) is 14.0 Å². The zero-order valence-electron chi connectivity index (χ0n) is 12.4. The van der Waals surface area contributed by atoms with Crippen molar-refractivity contribution in [1.82, 2.24) is 10.6 Å². The molecule has 5 nitrogen and oxygen atoms in total. The van der Waals surface area contributed by atoms with Crippen molar-refractivity contribution in [3.8, 4) is 0 Å². The maximum atomic E-state index is 13.0. The van der Waals surface area contributed by atoms with Crippen molar-refractivity contribution < 1.29 is 19.1 Å². The van der Waals surface area contributed by atoms with Gasteiger partial charge in [0.2, 0.25) is 0 Å². The van der Waals surface area contributed by atoms with Crippen LogP contribution < -0.4 is 10.6 Å². The Balaban J connectivity index is 2.44. The fraction of sp³-hybridized carbons (Fsp3) is 0.467. The minimum Gasteiger partial charge on any atom is -0.480 e. The molecule has 0 aliphatic rings. The molecular weight excluding hydrogens is 275 g/mol. The normalized spacial score (nSPS) is 12.0. The van der Waals surface area contributed by atoms with E-state index in [1.54, 1.807) is 26.8 Å². The van der Waals surface area contributed by atoms with Crippen LogP contribution in [0.3, 0.4) is 0 Å². The van der Waals surface area contributed by atoms with Gasteiger partial charge in [-0.25, -0.2) is 14.0 Å². The highest BCUT2D eigenvalue weighted by atomic mass is 19.1. The van der Waals surface area contributed by atoms with Gasteiger partial charge in [0.25, 0.3) is 0 Å². The van der Waals surface area contributed by atoms with Gasteiger partial charge in [-0.3, -0.25) is 0 Å². The second kappa shape index (κ2) is 7.61. The number of hydrogen-bond donors (Lipinski definition) is 3. The van der Waals surface area contributed by atoms with Gasteiger partial charge in [-0.15, -0.1) is 0 Å². The molecule has 0 bridgehead atoms. The third kappa shape index (κ3) is 5.41. The molecule has 1 atom stereocenters. The molecule has 0 aromatic heterocycles. The highest BCUT2D eigenvalue weighted by Gasteiger charge is 2.23. The first kappa shape index (κ1) is 16.9. The topological polar surface area (TPSA) is 78.4 Å². The van der Waals surface area contributed by atoms with Gasteiger partial charge < -0.3 is 15.7 Å². The van der Waals surface area contributed by atoms with Crippen LogP contribution >= 0.6 is 0 Å². The first-order valence-electron chi connectivity index (χ1n) is 6.83. The lowest BCUT2D eigenvalue weighted by Crippen LogP contribution is -2.48. The monoisotopic (exact) mass is 296 g/mol. The molecule has 1 rings (SSSR count). The number of urea groups is 1. The zero-order valence-corrected chi connectivity index (χ0v) is 12.4. The molecule has 0 saturated carbocycles. The van der Waals surface area contributed by atoms with Crippen molar-refractivity contribution in [3.05, 3.63) is 35.1 Å². The molecule has 0 aliphatic carbocycles. The van der Waals surface area contributed by atoms with Crippen LogP contribution in [0.15, 0.2) is 18.2 Å². The van der Waals surface area contributed by atoms with Crippen molar-refractivity contribution in [3.63, 3.8) is 0 Å². The molecule has 116 valence electrons. The molecule has 0 fully saturated rings. The van der Waals surface area contributed by atoms with E-state index in [-0.39, 0.29) is 11.7 Å². The van der Waals surface area contributed by atoms with Crippen LogP contribution in [0.25, 0.3) is 0 Å². The molecule has 0 unspecified atom stereocenters. The second-order valence-electron chi connectivity index (χ2n) is 5.28. The van der Waals surface area contributed by atoms with Gasteiger partial charge in [0, 0.05) is 6.54 Å². The minimum absolute atomic E-state index is 0.201. The fourth-order valence-corrected chi connectivity index (χ4v) is 1.96. The first-order chi connectivity index (χ1) is 9.81. The third-order valence-corrected chi connectivity index (χ3v) is 3.20. The number of carbonyl (C=O) groups excluding carboxylic acids is 1. The van der Waals surface area contributed by atoms with E-state index in [0.29, 0.717) is 13.0 Å². The highest BCUT2D eigenvalue weighted by molar-refractivity contribution is 5.82. The molecular formula is C15H21FN2O3. The molecule has 3 N–H and O–H groups in total. The number of carboxylic acid groups (broad SMARTS) is 1. The molecule has 1 aromatic rings. The largest absolute Gasteiger partial charge is 0.480 e. The van der Waals surface area contributed by atoms with E-state index < -0.39 is 18.0 Å². The Morgan fingerprint density at radius 1 is 1.33 bits per heavy atom. The number of carboxylic acids is 1. The molecule has 0 aliphatic heterocycles. The van der Waals surface area contributed by atoms with Crippen molar-refractivity contribution in [1.29, 1.82) is 0 Å². The van der Waals surface area contributed by atoms with Gasteiger partial charge in [-0.1, -0.05) is 19.9 Å². The van der Waals surface area contributed by atoms with Crippen molar-refractivity contribution in [2.75, 3.05) is 6.54 Å². The molecule has 0 saturated heterocycles. The summed E-state index contributed by atoms with van der Waals surface area (Å²) in [5.41, 5.74) is 1.76. The Morgan fingerprint density at radius 3 is 2.52 bits per heavy atom. The summed E-state index contributed by atoms with van der Waals surface area (Å²) in [7, 11) is 0. The summed E-state index contributed by atoms with van der Waals surface area (Å²) in [6.45, 7) is 5.60. The Labute approximate surface area is 123 Å². The Morgan fingerprint density at radius 2 is 2.00 bits per heavy atom. The first-order valence-corrected chi connectivity index (χ1v) is 6.83. The lowest BCUT2D eigenvalue weighted by atomic mass is 10.1. The zero-order chi connectivity index (χ0) is 16.0.